The number of hydrogen-bond acceptors (Lipinski definition) is 3. The van der Waals surface area contributed by atoms with Crippen molar-refractivity contribution in [3.63, 3.8) is 0 Å². The van der Waals surface area contributed by atoms with Crippen molar-refractivity contribution in [3.05, 3.63) is 16.5 Å². The summed E-state index contributed by atoms with van der Waals surface area (Å²) in [6.45, 7) is 7.24. The summed E-state index contributed by atoms with van der Waals surface area (Å²) < 4.78 is 6.51. The predicted octanol–water partition coefficient (Wildman–Crippen LogP) is 4.01. The van der Waals surface area contributed by atoms with Crippen molar-refractivity contribution in [1.82, 2.24) is 9.97 Å². The van der Waals surface area contributed by atoms with Gasteiger partial charge in [0.1, 0.15) is 10.4 Å². The maximum absolute atomic E-state index is 5.71. The van der Waals surface area contributed by atoms with Crippen LogP contribution < -0.4 is 4.74 Å². The SMILES string of the molecule is CCCc1nc(Br)cc(OCC(C)CCC)n1. The number of halogens is 1. The van der Waals surface area contributed by atoms with E-state index in [1.807, 2.05) is 6.07 Å². The highest BCUT2D eigenvalue weighted by atomic mass is 79.9. The minimum atomic E-state index is 0.573. The molecule has 1 atom stereocenters. The Labute approximate surface area is 112 Å². The van der Waals surface area contributed by atoms with Gasteiger partial charge in [0.15, 0.2) is 0 Å². The molecule has 3 nitrogen and oxygen atoms in total. The molecule has 1 unspecified atom stereocenters. The summed E-state index contributed by atoms with van der Waals surface area (Å²) in [5, 5.41) is 0. The first kappa shape index (κ1) is 14.4. The fourth-order valence-electron chi connectivity index (χ4n) is 1.66. The average Bonchev–Trinajstić information content (AvgIpc) is 2.26. The lowest BCUT2D eigenvalue weighted by molar-refractivity contribution is 0.242. The van der Waals surface area contributed by atoms with Crippen LogP contribution in [0, 0.1) is 5.92 Å². The number of aryl methyl sites for hydroxylation is 1. The van der Waals surface area contributed by atoms with Crippen LogP contribution in [0.4, 0.5) is 0 Å². The molecule has 0 fully saturated rings. The van der Waals surface area contributed by atoms with Gasteiger partial charge in [-0.25, -0.2) is 4.98 Å². The van der Waals surface area contributed by atoms with Gasteiger partial charge in [-0.05, 0) is 34.7 Å². The molecule has 1 aromatic rings. The summed E-state index contributed by atoms with van der Waals surface area (Å²) in [6.07, 6.45) is 4.32. The predicted molar refractivity (Wildman–Crippen MR) is 73.3 cm³/mol. The smallest absolute Gasteiger partial charge is 0.217 e. The Morgan fingerprint density at radius 3 is 2.71 bits per heavy atom. The Morgan fingerprint density at radius 1 is 1.29 bits per heavy atom. The number of ether oxygens (including phenoxy) is 1. The van der Waals surface area contributed by atoms with Crippen molar-refractivity contribution in [3.8, 4) is 5.88 Å². The Balaban J connectivity index is 2.57. The van der Waals surface area contributed by atoms with E-state index >= 15 is 0 Å². The molecular formula is C13H21BrN2O. The lowest BCUT2D eigenvalue weighted by Gasteiger charge is -2.12. The maximum atomic E-state index is 5.71. The van der Waals surface area contributed by atoms with Gasteiger partial charge >= 0.3 is 0 Å². The lowest BCUT2D eigenvalue weighted by atomic mass is 10.1. The highest BCUT2D eigenvalue weighted by Gasteiger charge is 2.06. The highest BCUT2D eigenvalue weighted by Crippen LogP contribution is 2.16. The molecule has 1 rings (SSSR count). The largest absolute Gasteiger partial charge is 0.477 e. The Hall–Kier alpha value is -0.640. The zero-order valence-corrected chi connectivity index (χ0v) is 12.5. The number of aromatic nitrogens is 2. The molecule has 0 saturated heterocycles. The normalized spacial score (nSPS) is 12.5. The molecule has 0 aliphatic carbocycles. The van der Waals surface area contributed by atoms with Gasteiger partial charge in [0, 0.05) is 12.5 Å². The van der Waals surface area contributed by atoms with Crippen LogP contribution >= 0.6 is 15.9 Å². The molecule has 4 heteroatoms. The van der Waals surface area contributed by atoms with Crippen LogP contribution in [0.5, 0.6) is 5.88 Å². The van der Waals surface area contributed by atoms with Gasteiger partial charge in [-0.2, -0.15) is 4.98 Å². The molecule has 0 aliphatic rings. The van der Waals surface area contributed by atoms with Gasteiger partial charge in [0.05, 0.1) is 6.61 Å². The second-order valence-electron chi connectivity index (χ2n) is 4.40. The third kappa shape index (κ3) is 5.48. The second kappa shape index (κ2) is 7.64. The third-order valence-electron chi connectivity index (χ3n) is 2.49. The van der Waals surface area contributed by atoms with E-state index in [0.29, 0.717) is 11.8 Å². The molecule has 96 valence electrons. The average molecular weight is 301 g/mol. The van der Waals surface area contributed by atoms with E-state index in [9.17, 15) is 0 Å². The summed E-state index contributed by atoms with van der Waals surface area (Å²) in [7, 11) is 0. The van der Waals surface area contributed by atoms with E-state index in [0.717, 1.165) is 29.9 Å². The van der Waals surface area contributed by atoms with Gasteiger partial charge in [-0.1, -0.05) is 27.2 Å². The molecule has 17 heavy (non-hydrogen) atoms. The zero-order chi connectivity index (χ0) is 12.7. The van der Waals surface area contributed by atoms with Gasteiger partial charge < -0.3 is 4.74 Å². The minimum absolute atomic E-state index is 0.573. The van der Waals surface area contributed by atoms with Crippen molar-refractivity contribution < 1.29 is 4.74 Å². The minimum Gasteiger partial charge on any atom is -0.477 e. The molecule has 1 aromatic heterocycles. The monoisotopic (exact) mass is 300 g/mol. The molecular weight excluding hydrogens is 280 g/mol. The number of hydrogen-bond donors (Lipinski definition) is 0. The molecule has 0 spiro atoms. The Kier molecular flexibility index (Phi) is 6.48. The Morgan fingerprint density at radius 2 is 2.06 bits per heavy atom. The first-order valence-corrected chi connectivity index (χ1v) is 7.11. The van der Waals surface area contributed by atoms with Crippen LogP contribution in [0.3, 0.4) is 0 Å². The fourth-order valence-corrected chi connectivity index (χ4v) is 2.06. The molecule has 0 aliphatic heterocycles. The van der Waals surface area contributed by atoms with Crippen LogP contribution in [0.15, 0.2) is 10.7 Å². The lowest BCUT2D eigenvalue weighted by Crippen LogP contribution is -2.10. The van der Waals surface area contributed by atoms with Crippen molar-refractivity contribution in [1.29, 1.82) is 0 Å². The van der Waals surface area contributed by atoms with Gasteiger partial charge in [-0.3, -0.25) is 0 Å². The summed E-state index contributed by atoms with van der Waals surface area (Å²) in [5.41, 5.74) is 0. The van der Waals surface area contributed by atoms with Gasteiger partial charge in [-0.15, -0.1) is 0 Å². The van der Waals surface area contributed by atoms with Gasteiger partial charge in [0.25, 0.3) is 0 Å². The molecule has 0 amide bonds. The summed E-state index contributed by atoms with van der Waals surface area (Å²) in [6, 6.07) is 1.83. The van der Waals surface area contributed by atoms with Crippen molar-refractivity contribution in [2.75, 3.05) is 6.61 Å². The summed E-state index contributed by atoms with van der Waals surface area (Å²) in [4.78, 5) is 8.70. The van der Waals surface area contributed by atoms with Crippen LogP contribution in [-0.2, 0) is 6.42 Å². The Bertz CT molecular complexity index is 344. The van der Waals surface area contributed by atoms with Gasteiger partial charge in [0.2, 0.25) is 5.88 Å². The van der Waals surface area contributed by atoms with Crippen LogP contribution in [-0.4, -0.2) is 16.6 Å². The van der Waals surface area contributed by atoms with Crippen molar-refractivity contribution in [2.24, 2.45) is 5.92 Å². The standard InChI is InChI=1S/C13H21BrN2O/c1-4-6-10(3)9-17-13-8-11(14)15-12(16-13)7-5-2/h8,10H,4-7,9H2,1-3H3. The molecule has 0 aromatic carbocycles. The first-order valence-electron chi connectivity index (χ1n) is 6.32. The summed E-state index contributed by atoms with van der Waals surface area (Å²) in [5.74, 6) is 2.10. The summed E-state index contributed by atoms with van der Waals surface area (Å²) >= 11 is 3.39. The van der Waals surface area contributed by atoms with Crippen molar-refractivity contribution in [2.45, 2.75) is 46.5 Å². The van der Waals surface area contributed by atoms with E-state index in [4.69, 9.17) is 4.74 Å². The van der Waals surface area contributed by atoms with Crippen LogP contribution in [0.25, 0.3) is 0 Å². The van der Waals surface area contributed by atoms with E-state index in [2.05, 4.69) is 46.7 Å². The van der Waals surface area contributed by atoms with E-state index in [1.165, 1.54) is 12.8 Å². The van der Waals surface area contributed by atoms with Crippen LogP contribution in [0.1, 0.15) is 45.9 Å². The van der Waals surface area contributed by atoms with E-state index in [1.54, 1.807) is 0 Å². The second-order valence-corrected chi connectivity index (χ2v) is 5.21. The number of rotatable bonds is 7. The molecule has 0 bridgehead atoms. The number of nitrogens with zero attached hydrogens (tertiary/aromatic N) is 2. The zero-order valence-electron chi connectivity index (χ0n) is 10.9. The van der Waals surface area contributed by atoms with Crippen LogP contribution in [0.2, 0.25) is 0 Å². The highest BCUT2D eigenvalue weighted by molar-refractivity contribution is 9.10. The molecule has 0 radical (unpaired) electrons. The van der Waals surface area contributed by atoms with E-state index < -0.39 is 0 Å². The topological polar surface area (TPSA) is 35.0 Å². The van der Waals surface area contributed by atoms with E-state index in [-0.39, 0.29) is 0 Å². The fraction of sp³-hybridized carbons (Fsp3) is 0.692. The third-order valence-corrected chi connectivity index (χ3v) is 2.89. The maximum Gasteiger partial charge on any atom is 0.217 e. The quantitative estimate of drug-likeness (QED) is 0.714. The first-order chi connectivity index (χ1) is 8.15. The molecule has 0 saturated carbocycles. The van der Waals surface area contributed by atoms with Crippen molar-refractivity contribution >= 4 is 15.9 Å². The molecule has 0 N–H and O–H groups in total. The molecule has 1 heterocycles.